The van der Waals surface area contributed by atoms with Crippen molar-refractivity contribution in [3.8, 4) is 0 Å². The van der Waals surface area contributed by atoms with Crippen molar-refractivity contribution in [2.24, 2.45) is 5.92 Å². The molecule has 0 aromatic rings. The molecule has 0 saturated heterocycles. The number of hydrogen-bond acceptors (Lipinski definition) is 2. The van der Waals surface area contributed by atoms with Crippen LogP contribution in [0.4, 0.5) is 0 Å². The molecule has 0 radical (unpaired) electrons. The predicted molar refractivity (Wildman–Crippen MR) is 108 cm³/mol. The minimum atomic E-state index is 0.552. The molecule has 0 unspecified atom stereocenters. The van der Waals surface area contributed by atoms with E-state index in [4.69, 9.17) is 0 Å². The zero-order valence-corrected chi connectivity index (χ0v) is 17.2. The normalized spacial score (nSPS) is 11.8. The van der Waals surface area contributed by atoms with Gasteiger partial charge in [-0.05, 0) is 12.3 Å². The van der Waals surface area contributed by atoms with Gasteiger partial charge in [-0.15, -0.1) is 0 Å². The van der Waals surface area contributed by atoms with Gasteiger partial charge in [-0.25, -0.2) is 0 Å². The van der Waals surface area contributed by atoms with E-state index in [0.29, 0.717) is 5.92 Å². The lowest BCUT2D eigenvalue weighted by Gasteiger charge is -2.16. The van der Waals surface area contributed by atoms with Crippen LogP contribution < -0.4 is 0 Å². The number of rotatable bonds is 19. The second kappa shape index (κ2) is 19.2. The van der Waals surface area contributed by atoms with Gasteiger partial charge in [-0.1, -0.05) is 117 Å². The van der Waals surface area contributed by atoms with Crippen LogP contribution in [0.3, 0.4) is 0 Å². The SMILES string of the molecule is CCCCCCCCCCCCCCCCCCN(O)CC(C)C. The molecule has 0 fully saturated rings. The van der Waals surface area contributed by atoms with E-state index in [9.17, 15) is 5.21 Å². The Morgan fingerprint density at radius 2 is 0.917 bits per heavy atom. The van der Waals surface area contributed by atoms with Gasteiger partial charge >= 0.3 is 0 Å². The quantitative estimate of drug-likeness (QED) is 0.193. The summed E-state index contributed by atoms with van der Waals surface area (Å²) < 4.78 is 0. The van der Waals surface area contributed by atoms with E-state index < -0.39 is 0 Å². The Labute approximate surface area is 153 Å². The highest BCUT2D eigenvalue weighted by Crippen LogP contribution is 2.13. The molecule has 0 aliphatic carbocycles. The average Bonchev–Trinajstić information content (AvgIpc) is 2.53. The van der Waals surface area contributed by atoms with E-state index in [-0.39, 0.29) is 0 Å². The highest BCUT2D eigenvalue weighted by atomic mass is 16.5. The van der Waals surface area contributed by atoms with Crippen molar-refractivity contribution in [2.75, 3.05) is 13.1 Å². The molecule has 0 rings (SSSR count). The Kier molecular flexibility index (Phi) is 19.2. The molecule has 1 N–H and O–H groups in total. The van der Waals surface area contributed by atoms with Crippen LogP contribution in [-0.2, 0) is 0 Å². The van der Waals surface area contributed by atoms with E-state index in [1.807, 2.05) is 0 Å². The topological polar surface area (TPSA) is 23.5 Å². The van der Waals surface area contributed by atoms with Crippen LogP contribution in [0.25, 0.3) is 0 Å². The summed E-state index contributed by atoms with van der Waals surface area (Å²) in [7, 11) is 0. The summed E-state index contributed by atoms with van der Waals surface area (Å²) in [6.07, 6.45) is 22.4. The van der Waals surface area contributed by atoms with Crippen molar-refractivity contribution >= 4 is 0 Å². The number of nitrogens with zero attached hydrogens (tertiary/aromatic N) is 1. The Morgan fingerprint density at radius 1 is 0.583 bits per heavy atom. The Balaban J connectivity index is 3.05. The number of hydrogen-bond donors (Lipinski definition) is 1. The minimum Gasteiger partial charge on any atom is -0.314 e. The fourth-order valence-corrected chi connectivity index (χ4v) is 3.36. The molecule has 2 nitrogen and oxygen atoms in total. The standard InChI is InChI=1S/C22H47NO/c1-4-5-6-7-8-9-10-11-12-13-14-15-16-17-18-19-20-23(24)21-22(2)3/h22,24H,4-21H2,1-3H3. The van der Waals surface area contributed by atoms with Gasteiger partial charge in [0.05, 0.1) is 0 Å². The van der Waals surface area contributed by atoms with Crippen LogP contribution in [0.1, 0.15) is 124 Å². The van der Waals surface area contributed by atoms with Crippen molar-refractivity contribution in [2.45, 2.75) is 124 Å². The van der Waals surface area contributed by atoms with Crippen molar-refractivity contribution < 1.29 is 5.21 Å². The lowest BCUT2D eigenvalue weighted by molar-refractivity contribution is -0.0992. The molecule has 0 bridgehead atoms. The second-order valence-corrected chi connectivity index (χ2v) is 8.11. The largest absolute Gasteiger partial charge is 0.314 e. The van der Waals surface area contributed by atoms with Crippen LogP contribution in [0.5, 0.6) is 0 Å². The monoisotopic (exact) mass is 341 g/mol. The van der Waals surface area contributed by atoms with E-state index in [2.05, 4.69) is 20.8 Å². The third-order valence-corrected chi connectivity index (χ3v) is 4.85. The fraction of sp³-hybridized carbons (Fsp3) is 1.00. The summed E-state index contributed by atoms with van der Waals surface area (Å²) in [5, 5.41) is 11.2. The van der Waals surface area contributed by atoms with Gasteiger partial charge < -0.3 is 5.21 Å². The first kappa shape index (κ1) is 23.9. The fourth-order valence-electron chi connectivity index (χ4n) is 3.36. The molecule has 0 aliphatic rings. The van der Waals surface area contributed by atoms with Gasteiger partial charge in [-0.2, -0.15) is 5.06 Å². The average molecular weight is 342 g/mol. The molecule has 0 amide bonds. The summed E-state index contributed by atoms with van der Waals surface area (Å²) >= 11 is 0. The highest BCUT2D eigenvalue weighted by Gasteiger charge is 2.02. The molecular weight excluding hydrogens is 294 g/mol. The third kappa shape index (κ3) is 20.0. The molecule has 146 valence electrons. The summed E-state index contributed by atoms with van der Waals surface area (Å²) in [6.45, 7) is 8.24. The molecule has 0 spiro atoms. The maximum absolute atomic E-state index is 9.67. The van der Waals surface area contributed by atoms with Gasteiger partial charge in [0.2, 0.25) is 0 Å². The maximum atomic E-state index is 9.67. The smallest absolute Gasteiger partial charge is 0.0261 e. The molecule has 0 aromatic heterocycles. The van der Waals surface area contributed by atoms with E-state index in [0.717, 1.165) is 19.5 Å². The van der Waals surface area contributed by atoms with Gasteiger partial charge in [0, 0.05) is 13.1 Å². The van der Waals surface area contributed by atoms with Crippen LogP contribution in [0, 0.1) is 5.92 Å². The van der Waals surface area contributed by atoms with Crippen molar-refractivity contribution in [3.63, 3.8) is 0 Å². The Morgan fingerprint density at radius 3 is 1.25 bits per heavy atom. The van der Waals surface area contributed by atoms with Crippen molar-refractivity contribution in [1.29, 1.82) is 0 Å². The highest BCUT2D eigenvalue weighted by molar-refractivity contribution is 4.52. The molecule has 24 heavy (non-hydrogen) atoms. The van der Waals surface area contributed by atoms with E-state index >= 15 is 0 Å². The minimum absolute atomic E-state index is 0.552. The first-order chi connectivity index (χ1) is 11.7. The molecular formula is C22H47NO. The lowest BCUT2D eigenvalue weighted by Crippen LogP contribution is -2.24. The zero-order valence-electron chi connectivity index (χ0n) is 17.2. The third-order valence-electron chi connectivity index (χ3n) is 4.85. The predicted octanol–water partition coefficient (Wildman–Crippen LogP) is 7.60. The van der Waals surface area contributed by atoms with Crippen LogP contribution >= 0.6 is 0 Å². The second-order valence-electron chi connectivity index (χ2n) is 8.11. The van der Waals surface area contributed by atoms with Crippen LogP contribution in [-0.4, -0.2) is 23.4 Å². The Bertz CT molecular complexity index is 230. The first-order valence-electron chi connectivity index (χ1n) is 11.1. The summed E-state index contributed by atoms with van der Waals surface area (Å²) in [5.41, 5.74) is 0. The summed E-state index contributed by atoms with van der Waals surface area (Å²) in [5.74, 6) is 0.552. The Hall–Kier alpha value is -0.0800. The van der Waals surface area contributed by atoms with Gasteiger partial charge in [-0.3, -0.25) is 0 Å². The van der Waals surface area contributed by atoms with Crippen molar-refractivity contribution in [3.05, 3.63) is 0 Å². The van der Waals surface area contributed by atoms with Gasteiger partial charge in [0.25, 0.3) is 0 Å². The van der Waals surface area contributed by atoms with Crippen LogP contribution in [0.2, 0.25) is 0 Å². The van der Waals surface area contributed by atoms with Gasteiger partial charge in [0.1, 0.15) is 0 Å². The van der Waals surface area contributed by atoms with Crippen LogP contribution in [0.15, 0.2) is 0 Å². The molecule has 0 aliphatic heterocycles. The lowest BCUT2D eigenvalue weighted by atomic mass is 10.0. The molecule has 0 atom stereocenters. The van der Waals surface area contributed by atoms with E-state index in [1.165, 1.54) is 101 Å². The van der Waals surface area contributed by atoms with E-state index in [1.54, 1.807) is 0 Å². The number of unbranched alkanes of at least 4 members (excludes halogenated alkanes) is 15. The zero-order chi connectivity index (χ0) is 17.9. The number of hydroxylamine groups is 2. The molecule has 0 aromatic carbocycles. The first-order valence-corrected chi connectivity index (χ1v) is 11.1. The van der Waals surface area contributed by atoms with Gasteiger partial charge in [0.15, 0.2) is 0 Å². The maximum Gasteiger partial charge on any atom is 0.0261 e. The molecule has 0 heterocycles. The summed E-state index contributed by atoms with van der Waals surface area (Å²) in [4.78, 5) is 0. The molecule has 0 saturated carbocycles. The van der Waals surface area contributed by atoms with Crippen molar-refractivity contribution in [1.82, 2.24) is 5.06 Å². The summed E-state index contributed by atoms with van der Waals surface area (Å²) in [6, 6.07) is 0. The molecule has 2 heteroatoms.